The van der Waals surface area contributed by atoms with E-state index in [0.29, 0.717) is 18.2 Å². The molecule has 3 nitrogen and oxygen atoms in total. The molecule has 1 N–H and O–H groups in total. The summed E-state index contributed by atoms with van der Waals surface area (Å²) in [6.45, 7) is 1.66. The third-order valence-electron chi connectivity index (χ3n) is 2.34. The highest BCUT2D eigenvalue weighted by Crippen LogP contribution is 2.16. The van der Waals surface area contributed by atoms with E-state index in [9.17, 15) is 4.79 Å². The van der Waals surface area contributed by atoms with Crippen molar-refractivity contribution in [1.29, 1.82) is 0 Å². The molecule has 13 heavy (non-hydrogen) atoms. The Labute approximate surface area is 83.7 Å². The van der Waals surface area contributed by atoms with Crippen LogP contribution in [0.15, 0.2) is 0 Å². The number of hydrogen-bond donors (Lipinski definition) is 1. The number of carbonyl (C=O) groups excluding carboxylic acids is 1. The molecule has 1 amide bonds. The molecule has 1 aliphatic rings. The first-order valence-corrected chi connectivity index (χ1v) is 5.26. The van der Waals surface area contributed by atoms with Crippen molar-refractivity contribution in [3.8, 4) is 0 Å². The number of alkyl halides is 1. The second-order valence-electron chi connectivity index (χ2n) is 3.49. The van der Waals surface area contributed by atoms with Gasteiger partial charge in [-0.3, -0.25) is 4.79 Å². The van der Waals surface area contributed by atoms with Gasteiger partial charge in [0.15, 0.2) is 0 Å². The zero-order valence-corrected chi connectivity index (χ0v) is 8.46. The summed E-state index contributed by atoms with van der Waals surface area (Å²) in [7, 11) is 0. The molecule has 1 fully saturated rings. The third-order valence-corrected chi connectivity index (χ3v) is 2.61. The van der Waals surface area contributed by atoms with Crippen molar-refractivity contribution < 1.29 is 9.90 Å². The van der Waals surface area contributed by atoms with Crippen LogP contribution in [0.4, 0.5) is 0 Å². The van der Waals surface area contributed by atoms with E-state index in [1.165, 1.54) is 0 Å². The normalized spacial score (nSPS) is 17.2. The van der Waals surface area contributed by atoms with Crippen LogP contribution >= 0.6 is 11.6 Å². The van der Waals surface area contributed by atoms with Crippen LogP contribution in [0.1, 0.15) is 19.3 Å². The number of aliphatic hydroxyl groups is 1. The van der Waals surface area contributed by atoms with Crippen molar-refractivity contribution in [2.75, 3.05) is 25.6 Å². The highest BCUT2D eigenvalue weighted by molar-refractivity contribution is 6.17. The van der Waals surface area contributed by atoms with Crippen molar-refractivity contribution in [3.63, 3.8) is 0 Å². The molecule has 0 aliphatic carbocycles. The molecule has 0 bridgehead atoms. The van der Waals surface area contributed by atoms with Crippen LogP contribution in [0.5, 0.6) is 0 Å². The molecule has 0 aromatic heterocycles. The number of hydrogen-bond acceptors (Lipinski definition) is 2. The van der Waals surface area contributed by atoms with Gasteiger partial charge in [0.2, 0.25) is 5.91 Å². The summed E-state index contributed by atoms with van der Waals surface area (Å²) >= 11 is 5.50. The Kier molecular flexibility index (Phi) is 4.53. The lowest BCUT2D eigenvalue weighted by Gasteiger charge is -2.38. The molecular weight excluding hydrogens is 190 g/mol. The molecule has 0 aromatic rings. The Bertz CT molecular complexity index is 169. The molecule has 0 atom stereocenters. The number of halogens is 1. The molecule has 1 saturated heterocycles. The van der Waals surface area contributed by atoms with Gasteiger partial charge in [-0.15, -0.1) is 11.6 Å². The number of nitrogens with zero attached hydrogens (tertiary/aromatic N) is 1. The van der Waals surface area contributed by atoms with Crippen molar-refractivity contribution in [2.24, 2.45) is 5.92 Å². The first-order chi connectivity index (χ1) is 6.27. The summed E-state index contributed by atoms with van der Waals surface area (Å²) < 4.78 is 0. The summed E-state index contributed by atoms with van der Waals surface area (Å²) in [5, 5.41) is 8.74. The van der Waals surface area contributed by atoms with Crippen LogP contribution in [-0.4, -0.2) is 41.5 Å². The van der Waals surface area contributed by atoms with Crippen LogP contribution < -0.4 is 0 Å². The number of likely N-dealkylation sites (tertiary alicyclic amines) is 1. The average Bonchev–Trinajstić information content (AvgIpc) is 2.03. The lowest BCUT2D eigenvalue weighted by atomic mass is 10.0. The molecule has 0 unspecified atom stereocenters. The van der Waals surface area contributed by atoms with E-state index < -0.39 is 0 Å². The zero-order chi connectivity index (χ0) is 9.68. The van der Waals surface area contributed by atoms with E-state index in [0.717, 1.165) is 25.9 Å². The summed E-state index contributed by atoms with van der Waals surface area (Å²) in [5.74, 6) is 1.15. The van der Waals surface area contributed by atoms with E-state index in [4.69, 9.17) is 16.7 Å². The maximum atomic E-state index is 11.4. The maximum absolute atomic E-state index is 11.4. The largest absolute Gasteiger partial charge is 0.396 e. The van der Waals surface area contributed by atoms with E-state index in [-0.39, 0.29) is 12.5 Å². The average molecular weight is 206 g/mol. The highest BCUT2D eigenvalue weighted by atomic mass is 35.5. The van der Waals surface area contributed by atoms with Gasteiger partial charge in [-0.05, 0) is 12.8 Å². The smallest absolute Gasteiger partial charge is 0.222 e. The van der Waals surface area contributed by atoms with Gasteiger partial charge in [0, 0.05) is 37.9 Å². The molecular formula is C9H16ClNO2. The van der Waals surface area contributed by atoms with Crippen LogP contribution in [-0.2, 0) is 4.79 Å². The van der Waals surface area contributed by atoms with E-state index in [1.54, 1.807) is 4.90 Å². The first kappa shape index (κ1) is 10.8. The quantitative estimate of drug-likeness (QED) is 0.534. The number of amides is 1. The van der Waals surface area contributed by atoms with Crippen molar-refractivity contribution in [1.82, 2.24) is 4.90 Å². The summed E-state index contributed by atoms with van der Waals surface area (Å²) in [6.07, 6.45) is 2.39. The predicted molar refractivity (Wildman–Crippen MR) is 51.7 cm³/mol. The molecule has 1 rings (SSSR count). The Balaban J connectivity index is 2.05. The molecule has 0 saturated carbocycles. The minimum Gasteiger partial charge on any atom is -0.396 e. The minimum atomic E-state index is 0.200. The van der Waals surface area contributed by atoms with Gasteiger partial charge in [0.1, 0.15) is 0 Å². The zero-order valence-electron chi connectivity index (χ0n) is 7.71. The van der Waals surface area contributed by atoms with Gasteiger partial charge in [-0.2, -0.15) is 0 Å². The molecule has 76 valence electrons. The van der Waals surface area contributed by atoms with Gasteiger partial charge in [0.05, 0.1) is 0 Å². The Hall–Kier alpha value is -0.280. The minimum absolute atomic E-state index is 0.200. The molecule has 1 heterocycles. The molecule has 0 aromatic carbocycles. The number of rotatable bonds is 5. The summed E-state index contributed by atoms with van der Waals surface area (Å²) in [6, 6.07) is 0. The fourth-order valence-electron chi connectivity index (χ4n) is 1.42. The van der Waals surface area contributed by atoms with E-state index in [1.807, 2.05) is 0 Å². The Morgan fingerprint density at radius 3 is 2.69 bits per heavy atom. The second kappa shape index (κ2) is 5.45. The van der Waals surface area contributed by atoms with Crippen LogP contribution in [0, 0.1) is 5.92 Å². The van der Waals surface area contributed by atoms with Crippen molar-refractivity contribution >= 4 is 17.5 Å². The fraction of sp³-hybridized carbons (Fsp3) is 0.889. The number of unbranched alkanes of at least 4 members (excludes halogenated alkanes) is 1. The molecule has 0 spiro atoms. The van der Waals surface area contributed by atoms with Gasteiger partial charge < -0.3 is 10.0 Å². The Morgan fingerprint density at radius 2 is 2.15 bits per heavy atom. The summed E-state index contributed by atoms with van der Waals surface area (Å²) in [4.78, 5) is 13.2. The number of carbonyl (C=O) groups is 1. The fourth-order valence-corrected chi connectivity index (χ4v) is 1.61. The monoisotopic (exact) mass is 205 g/mol. The first-order valence-electron chi connectivity index (χ1n) is 4.72. The molecule has 4 heteroatoms. The van der Waals surface area contributed by atoms with E-state index in [2.05, 4.69) is 0 Å². The lowest BCUT2D eigenvalue weighted by molar-refractivity contribution is -0.138. The lowest BCUT2D eigenvalue weighted by Crippen LogP contribution is -2.51. The van der Waals surface area contributed by atoms with Gasteiger partial charge in [-0.1, -0.05) is 0 Å². The maximum Gasteiger partial charge on any atom is 0.222 e. The SMILES string of the molecule is O=C(CCCCCl)N1CC(CO)C1. The van der Waals surface area contributed by atoms with Crippen LogP contribution in [0.25, 0.3) is 0 Å². The van der Waals surface area contributed by atoms with Crippen molar-refractivity contribution in [2.45, 2.75) is 19.3 Å². The second-order valence-corrected chi connectivity index (χ2v) is 3.87. The Morgan fingerprint density at radius 1 is 1.46 bits per heavy atom. The predicted octanol–water partition coefficient (Wildman–Crippen LogP) is 0.846. The van der Waals surface area contributed by atoms with Crippen molar-refractivity contribution in [3.05, 3.63) is 0 Å². The van der Waals surface area contributed by atoms with Gasteiger partial charge in [0.25, 0.3) is 0 Å². The van der Waals surface area contributed by atoms with E-state index >= 15 is 0 Å². The number of aliphatic hydroxyl groups excluding tert-OH is 1. The van der Waals surface area contributed by atoms with Gasteiger partial charge in [-0.25, -0.2) is 0 Å². The van der Waals surface area contributed by atoms with Crippen LogP contribution in [0.3, 0.4) is 0 Å². The molecule has 0 radical (unpaired) electrons. The highest BCUT2D eigenvalue weighted by Gasteiger charge is 2.28. The summed E-state index contributed by atoms with van der Waals surface area (Å²) in [5.41, 5.74) is 0. The van der Waals surface area contributed by atoms with Gasteiger partial charge >= 0.3 is 0 Å². The third kappa shape index (κ3) is 3.16. The molecule has 1 aliphatic heterocycles. The standard InChI is InChI=1S/C9H16ClNO2/c10-4-2-1-3-9(13)11-5-8(6-11)7-12/h8,12H,1-7H2. The van der Waals surface area contributed by atoms with Crippen LogP contribution in [0.2, 0.25) is 0 Å². The topological polar surface area (TPSA) is 40.5 Å².